The molecule has 1 unspecified atom stereocenters. The van der Waals surface area contributed by atoms with Crippen molar-refractivity contribution in [2.24, 2.45) is 0 Å². The number of hydrogen-bond donors (Lipinski definition) is 1. The van der Waals surface area contributed by atoms with Gasteiger partial charge in [-0.05, 0) is 19.4 Å². The van der Waals surface area contributed by atoms with Gasteiger partial charge in [0.2, 0.25) is 5.91 Å². The van der Waals surface area contributed by atoms with E-state index < -0.39 is 0 Å². The van der Waals surface area contributed by atoms with E-state index in [1.54, 1.807) is 0 Å². The summed E-state index contributed by atoms with van der Waals surface area (Å²) in [6.07, 6.45) is 3.24. The molecule has 1 amide bonds. The van der Waals surface area contributed by atoms with E-state index in [9.17, 15) is 9.59 Å². The number of methoxy groups -OCH3 is 1. The third-order valence-corrected chi connectivity index (χ3v) is 3.87. The minimum atomic E-state index is -0.214. The molecular weight excluding hydrogens is 246 g/mol. The van der Waals surface area contributed by atoms with Crippen LogP contribution in [-0.2, 0) is 14.3 Å². The molecule has 0 saturated carbocycles. The number of esters is 1. The molecule has 0 aromatic rings. The fourth-order valence-electron chi connectivity index (χ4n) is 2.66. The Morgan fingerprint density at radius 2 is 1.95 bits per heavy atom. The van der Waals surface area contributed by atoms with Crippen molar-refractivity contribution in [2.45, 2.75) is 25.3 Å². The molecule has 2 aliphatic heterocycles. The maximum Gasteiger partial charge on any atom is 0.319 e. The number of ether oxygens (including phenoxy) is 1. The molecule has 6 nitrogen and oxygen atoms in total. The maximum absolute atomic E-state index is 12.3. The minimum absolute atomic E-state index is 0.000840. The highest BCUT2D eigenvalue weighted by Gasteiger charge is 2.28. The number of piperazine rings is 1. The highest BCUT2D eigenvalue weighted by atomic mass is 16.5. The third kappa shape index (κ3) is 3.91. The monoisotopic (exact) mass is 269 g/mol. The van der Waals surface area contributed by atoms with Gasteiger partial charge in [-0.25, -0.2) is 0 Å². The summed E-state index contributed by atoms with van der Waals surface area (Å²) in [4.78, 5) is 27.4. The lowest BCUT2D eigenvalue weighted by Crippen LogP contribution is -2.55. The Balaban J connectivity index is 1.76. The Kier molecular flexibility index (Phi) is 5.15. The zero-order valence-corrected chi connectivity index (χ0v) is 11.6. The van der Waals surface area contributed by atoms with Crippen LogP contribution in [0.25, 0.3) is 0 Å². The lowest BCUT2D eigenvalue weighted by molar-refractivity contribution is -0.143. The summed E-state index contributed by atoms with van der Waals surface area (Å²) >= 11 is 0. The molecule has 6 heteroatoms. The van der Waals surface area contributed by atoms with Crippen molar-refractivity contribution in [3.8, 4) is 0 Å². The average molecular weight is 269 g/mol. The van der Waals surface area contributed by atoms with Crippen LogP contribution in [0.1, 0.15) is 19.3 Å². The van der Waals surface area contributed by atoms with Crippen LogP contribution in [0.5, 0.6) is 0 Å². The van der Waals surface area contributed by atoms with E-state index in [4.69, 9.17) is 0 Å². The predicted molar refractivity (Wildman–Crippen MR) is 70.7 cm³/mol. The van der Waals surface area contributed by atoms with Crippen LogP contribution in [0, 0.1) is 0 Å². The van der Waals surface area contributed by atoms with E-state index in [0.717, 1.165) is 38.9 Å². The van der Waals surface area contributed by atoms with Gasteiger partial charge >= 0.3 is 5.97 Å². The number of nitrogens with zero attached hydrogens (tertiary/aromatic N) is 2. The Morgan fingerprint density at radius 3 is 2.53 bits per heavy atom. The second kappa shape index (κ2) is 6.86. The first-order valence-electron chi connectivity index (χ1n) is 7.02. The minimum Gasteiger partial charge on any atom is -0.468 e. The second-order valence-electron chi connectivity index (χ2n) is 5.18. The molecule has 2 heterocycles. The van der Waals surface area contributed by atoms with Gasteiger partial charge < -0.3 is 15.0 Å². The number of carbonyl (C=O) groups is 2. The van der Waals surface area contributed by atoms with E-state index in [2.05, 4.69) is 10.1 Å². The number of nitrogens with one attached hydrogen (secondary N) is 1. The van der Waals surface area contributed by atoms with Crippen LogP contribution in [0.2, 0.25) is 0 Å². The molecular formula is C13H23N3O3. The Labute approximate surface area is 114 Å². The van der Waals surface area contributed by atoms with Gasteiger partial charge in [-0.3, -0.25) is 14.5 Å². The normalized spacial score (nSPS) is 25.1. The molecule has 108 valence electrons. The van der Waals surface area contributed by atoms with Crippen molar-refractivity contribution < 1.29 is 14.3 Å². The van der Waals surface area contributed by atoms with E-state index >= 15 is 0 Å². The quantitative estimate of drug-likeness (QED) is 0.696. The van der Waals surface area contributed by atoms with Crippen molar-refractivity contribution in [1.29, 1.82) is 0 Å². The van der Waals surface area contributed by atoms with Gasteiger partial charge in [-0.15, -0.1) is 0 Å². The van der Waals surface area contributed by atoms with Crippen molar-refractivity contribution in [3.63, 3.8) is 0 Å². The summed E-state index contributed by atoms with van der Waals surface area (Å²) in [6, 6.07) is 0.000840. The molecule has 2 fully saturated rings. The largest absolute Gasteiger partial charge is 0.468 e. The van der Waals surface area contributed by atoms with Crippen LogP contribution < -0.4 is 5.32 Å². The van der Waals surface area contributed by atoms with Gasteiger partial charge in [-0.2, -0.15) is 0 Å². The molecule has 1 N–H and O–H groups in total. The van der Waals surface area contributed by atoms with Crippen LogP contribution in [0.15, 0.2) is 0 Å². The van der Waals surface area contributed by atoms with Gasteiger partial charge in [0.15, 0.2) is 0 Å². The standard InChI is InChI=1S/C13H23N3O3/c1-19-12(17)10-15-6-8-16(9-7-15)13(18)11-4-2-3-5-14-11/h11,14H,2-10H2,1H3. The van der Waals surface area contributed by atoms with Crippen LogP contribution in [-0.4, -0.2) is 74.1 Å². The summed E-state index contributed by atoms with van der Waals surface area (Å²) < 4.78 is 4.65. The summed E-state index contributed by atoms with van der Waals surface area (Å²) in [5.41, 5.74) is 0. The van der Waals surface area contributed by atoms with Gasteiger partial charge in [0.05, 0.1) is 19.7 Å². The molecule has 0 spiro atoms. The summed E-state index contributed by atoms with van der Waals surface area (Å²) in [6.45, 7) is 4.15. The van der Waals surface area contributed by atoms with Gasteiger partial charge in [-0.1, -0.05) is 6.42 Å². The van der Waals surface area contributed by atoms with Crippen LogP contribution >= 0.6 is 0 Å². The molecule has 0 radical (unpaired) electrons. The summed E-state index contributed by atoms with van der Waals surface area (Å²) in [5.74, 6) is 0.00569. The number of carbonyl (C=O) groups excluding carboxylic acids is 2. The zero-order chi connectivity index (χ0) is 13.7. The second-order valence-corrected chi connectivity index (χ2v) is 5.18. The summed E-state index contributed by atoms with van der Waals surface area (Å²) in [5, 5.41) is 3.29. The first-order valence-corrected chi connectivity index (χ1v) is 7.02. The molecule has 2 rings (SSSR count). The smallest absolute Gasteiger partial charge is 0.319 e. The molecule has 19 heavy (non-hydrogen) atoms. The van der Waals surface area contributed by atoms with E-state index in [0.29, 0.717) is 19.6 Å². The fourth-order valence-corrected chi connectivity index (χ4v) is 2.66. The van der Waals surface area contributed by atoms with Crippen molar-refractivity contribution in [2.75, 3.05) is 46.4 Å². The van der Waals surface area contributed by atoms with Gasteiger partial charge in [0.25, 0.3) is 0 Å². The highest BCUT2D eigenvalue weighted by molar-refractivity contribution is 5.82. The first-order chi connectivity index (χ1) is 9.20. The molecule has 0 aromatic heterocycles. The van der Waals surface area contributed by atoms with E-state index in [-0.39, 0.29) is 17.9 Å². The first kappa shape index (κ1) is 14.3. The number of hydrogen-bond acceptors (Lipinski definition) is 5. The molecule has 1 atom stereocenters. The fraction of sp³-hybridized carbons (Fsp3) is 0.846. The molecule has 2 saturated heterocycles. The number of piperidine rings is 1. The summed E-state index contributed by atoms with van der Waals surface area (Å²) in [7, 11) is 1.40. The van der Waals surface area contributed by atoms with E-state index in [1.165, 1.54) is 7.11 Å². The van der Waals surface area contributed by atoms with Crippen molar-refractivity contribution >= 4 is 11.9 Å². The van der Waals surface area contributed by atoms with Crippen molar-refractivity contribution in [1.82, 2.24) is 15.1 Å². The molecule has 0 bridgehead atoms. The Hall–Kier alpha value is -1.14. The number of amides is 1. The average Bonchev–Trinajstić information content (AvgIpc) is 2.48. The number of rotatable bonds is 3. The van der Waals surface area contributed by atoms with Crippen LogP contribution in [0.4, 0.5) is 0 Å². The lowest BCUT2D eigenvalue weighted by atomic mass is 10.0. The Morgan fingerprint density at radius 1 is 1.21 bits per heavy atom. The third-order valence-electron chi connectivity index (χ3n) is 3.87. The van der Waals surface area contributed by atoms with Gasteiger partial charge in [0.1, 0.15) is 0 Å². The zero-order valence-electron chi connectivity index (χ0n) is 11.6. The van der Waals surface area contributed by atoms with Gasteiger partial charge in [0, 0.05) is 26.2 Å². The molecule has 0 aliphatic carbocycles. The lowest BCUT2D eigenvalue weighted by Gasteiger charge is -2.36. The Bertz CT molecular complexity index is 321. The highest BCUT2D eigenvalue weighted by Crippen LogP contribution is 2.11. The predicted octanol–water partition coefficient (Wildman–Crippen LogP) is -0.554. The molecule has 0 aromatic carbocycles. The van der Waals surface area contributed by atoms with E-state index in [1.807, 2.05) is 9.80 Å². The maximum atomic E-state index is 12.3. The SMILES string of the molecule is COC(=O)CN1CCN(C(=O)C2CCCCN2)CC1. The topological polar surface area (TPSA) is 61.9 Å². The molecule has 2 aliphatic rings. The van der Waals surface area contributed by atoms with Crippen LogP contribution in [0.3, 0.4) is 0 Å². The van der Waals surface area contributed by atoms with Crippen molar-refractivity contribution in [3.05, 3.63) is 0 Å².